The van der Waals surface area contributed by atoms with E-state index in [4.69, 9.17) is 10.2 Å². The third-order valence-corrected chi connectivity index (χ3v) is 3.31. The van der Waals surface area contributed by atoms with E-state index in [1.54, 1.807) is 11.2 Å². The summed E-state index contributed by atoms with van der Waals surface area (Å²) < 4.78 is 5.33. The number of furan rings is 1. The number of carbonyl (C=O) groups is 1. The number of amides is 1. The summed E-state index contributed by atoms with van der Waals surface area (Å²) in [5, 5.41) is 0. The van der Waals surface area contributed by atoms with Gasteiger partial charge in [0, 0.05) is 26.2 Å². The van der Waals surface area contributed by atoms with E-state index in [9.17, 15) is 4.79 Å². The van der Waals surface area contributed by atoms with E-state index in [1.807, 2.05) is 19.2 Å². The minimum atomic E-state index is -0.242. The Labute approximate surface area is 101 Å². The summed E-state index contributed by atoms with van der Waals surface area (Å²) in [7, 11) is 1.83. The van der Waals surface area contributed by atoms with Crippen LogP contribution in [0.5, 0.6) is 0 Å². The van der Waals surface area contributed by atoms with Gasteiger partial charge in [0.1, 0.15) is 11.8 Å². The Hall–Kier alpha value is -1.33. The predicted molar refractivity (Wildman–Crippen MR) is 64.2 cm³/mol. The Bertz CT molecular complexity index is 377. The van der Waals surface area contributed by atoms with Crippen LogP contribution in [0.4, 0.5) is 0 Å². The molecule has 2 unspecified atom stereocenters. The van der Waals surface area contributed by atoms with Crippen LogP contribution in [0.1, 0.15) is 12.7 Å². The van der Waals surface area contributed by atoms with Gasteiger partial charge in [0.2, 0.25) is 5.91 Å². The normalized spacial score (nSPS) is 26.5. The fourth-order valence-electron chi connectivity index (χ4n) is 2.38. The summed E-state index contributed by atoms with van der Waals surface area (Å²) in [4.78, 5) is 15.9. The molecule has 1 saturated heterocycles. The van der Waals surface area contributed by atoms with Crippen molar-refractivity contribution in [3.63, 3.8) is 0 Å². The topological polar surface area (TPSA) is 62.7 Å². The Morgan fingerprint density at radius 3 is 2.94 bits per heavy atom. The number of nitrogens with two attached hydrogens (primary N) is 1. The summed E-state index contributed by atoms with van der Waals surface area (Å²) in [5.41, 5.74) is 5.72. The molecular formula is C12H19N3O2. The first-order valence-corrected chi connectivity index (χ1v) is 5.86. The fraction of sp³-hybridized carbons (Fsp3) is 0.583. The first kappa shape index (κ1) is 12.1. The number of piperazine rings is 1. The van der Waals surface area contributed by atoms with E-state index in [1.165, 1.54) is 0 Å². The van der Waals surface area contributed by atoms with E-state index in [2.05, 4.69) is 11.8 Å². The molecule has 0 aliphatic carbocycles. The fourth-order valence-corrected chi connectivity index (χ4v) is 2.38. The molecule has 1 aliphatic heterocycles. The summed E-state index contributed by atoms with van der Waals surface area (Å²) >= 11 is 0. The molecule has 1 aliphatic rings. The Morgan fingerprint density at radius 2 is 2.35 bits per heavy atom. The van der Waals surface area contributed by atoms with Crippen LogP contribution in [-0.4, -0.2) is 47.9 Å². The molecule has 0 radical (unpaired) electrons. The van der Waals surface area contributed by atoms with Crippen LogP contribution in [0.25, 0.3) is 0 Å². The Kier molecular flexibility index (Phi) is 3.49. The maximum absolute atomic E-state index is 12.0. The molecule has 1 aromatic rings. The molecule has 5 nitrogen and oxygen atoms in total. The van der Waals surface area contributed by atoms with Crippen LogP contribution in [0, 0.1) is 0 Å². The average Bonchev–Trinajstić information content (AvgIpc) is 2.79. The molecule has 1 amide bonds. The Morgan fingerprint density at radius 1 is 1.59 bits per heavy atom. The SMILES string of the molecule is CC1CN(C)C(=O)C(CN)N1Cc1ccco1. The lowest BCUT2D eigenvalue weighted by molar-refractivity contribution is -0.143. The van der Waals surface area contributed by atoms with Gasteiger partial charge in [-0.25, -0.2) is 0 Å². The Balaban J connectivity index is 2.15. The van der Waals surface area contributed by atoms with Crippen LogP contribution >= 0.6 is 0 Å². The molecule has 2 heterocycles. The second-order valence-corrected chi connectivity index (χ2v) is 4.57. The minimum absolute atomic E-state index is 0.0946. The van der Waals surface area contributed by atoms with Crippen LogP contribution in [0.3, 0.4) is 0 Å². The van der Waals surface area contributed by atoms with Crippen molar-refractivity contribution in [2.24, 2.45) is 5.73 Å². The monoisotopic (exact) mass is 237 g/mol. The van der Waals surface area contributed by atoms with Gasteiger partial charge in [0.15, 0.2) is 0 Å². The van der Waals surface area contributed by atoms with E-state index >= 15 is 0 Å². The molecular weight excluding hydrogens is 218 g/mol. The standard InChI is InChI=1S/C12H19N3O2/c1-9-7-14(2)12(16)11(6-13)15(9)8-10-4-3-5-17-10/h3-5,9,11H,6-8,13H2,1-2H3. The van der Waals surface area contributed by atoms with Crippen LogP contribution in [0.2, 0.25) is 0 Å². The molecule has 2 N–H and O–H groups in total. The van der Waals surface area contributed by atoms with E-state index in [0.29, 0.717) is 13.1 Å². The molecule has 0 aromatic carbocycles. The number of hydrogen-bond donors (Lipinski definition) is 1. The van der Waals surface area contributed by atoms with Gasteiger partial charge in [-0.15, -0.1) is 0 Å². The molecule has 1 aromatic heterocycles. The molecule has 0 spiro atoms. The van der Waals surface area contributed by atoms with Crippen molar-refractivity contribution < 1.29 is 9.21 Å². The van der Waals surface area contributed by atoms with Gasteiger partial charge in [0.25, 0.3) is 0 Å². The lowest BCUT2D eigenvalue weighted by Crippen LogP contribution is -2.61. The van der Waals surface area contributed by atoms with Crippen molar-refractivity contribution in [1.82, 2.24) is 9.80 Å². The van der Waals surface area contributed by atoms with Gasteiger partial charge in [0.05, 0.1) is 12.8 Å². The zero-order chi connectivity index (χ0) is 12.4. The average molecular weight is 237 g/mol. The van der Waals surface area contributed by atoms with Gasteiger partial charge in [-0.3, -0.25) is 9.69 Å². The number of nitrogens with zero attached hydrogens (tertiary/aromatic N) is 2. The predicted octanol–water partition coefficient (Wildman–Crippen LogP) is 0.269. The van der Waals surface area contributed by atoms with Crippen LogP contribution in [-0.2, 0) is 11.3 Å². The number of likely N-dealkylation sites (N-methyl/N-ethyl adjacent to an activating group) is 1. The van der Waals surface area contributed by atoms with Crippen molar-refractivity contribution in [1.29, 1.82) is 0 Å². The first-order chi connectivity index (χ1) is 8.13. The highest BCUT2D eigenvalue weighted by atomic mass is 16.3. The highest BCUT2D eigenvalue weighted by Crippen LogP contribution is 2.18. The van der Waals surface area contributed by atoms with Crippen LogP contribution < -0.4 is 5.73 Å². The van der Waals surface area contributed by atoms with E-state index in [0.717, 1.165) is 12.3 Å². The molecule has 94 valence electrons. The highest BCUT2D eigenvalue weighted by Gasteiger charge is 2.36. The molecule has 2 atom stereocenters. The maximum atomic E-state index is 12.0. The molecule has 1 fully saturated rings. The van der Waals surface area contributed by atoms with Gasteiger partial charge >= 0.3 is 0 Å². The van der Waals surface area contributed by atoms with E-state index in [-0.39, 0.29) is 18.0 Å². The van der Waals surface area contributed by atoms with Gasteiger partial charge in [-0.05, 0) is 19.1 Å². The number of hydrogen-bond acceptors (Lipinski definition) is 4. The van der Waals surface area contributed by atoms with Gasteiger partial charge in [-0.1, -0.05) is 0 Å². The second-order valence-electron chi connectivity index (χ2n) is 4.57. The van der Waals surface area contributed by atoms with Crippen molar-refractivity contribution in [3.05, 3.63) is 24.2 Å². The van der Waals surface area contributed by atoms with Crippen molar-refractivity contribution >= 4 is 5.91 Å². The minimum Gasteiger partial charge on any atom is -0.468 e. The summed E-state index contributed by atoms with van der Waals surface area (Å²) in [6, 6.07) is 3.82. The quantitative estimate of drug-likeness (QED) is 0.819. The van der Waals surface area contributed by atoms with Crippen molar-refractivity contribution in [2.45, 2.75) is 25.6 Å². The number of rotatable bonds is 3. The summed E-state index contributed by atoms with van der Waals surface area (Å²) in [6.45, 7) is 3.81. The first-order valence-electron chi connectivity index (χ1n) is 5.86. The van der Waals surface area contributed by atoms with E-state index < -0.39 is 0 Å². The largest absolute Gasteiger partial charge is 0.468 e. The van der Waals surface area contributed by atoms with Crippen molar-refractivity contribution in [2.75, 3.05) is 20.1 Å². The van der Waals surface area contributed by atoms with Crippen LogP contribution in [0.15, 0.2) is 22.8 Å². The van der Waals surface area contributed by atoms with Crippen molar-refractivity contribution in [3.8, 4) is 0 Å². The second kappa shape index (κ2) is 4.89. The van der Waals surface area contributed by atoms with Gasteiger partial charge in [-0.2, -0.15) is 0 Å². The smallest absolute Gasteiger partial charge is 0.241 e. The lowest BCUT2D eigenvalue weighted by Gasteiger charge is -2.42. The maximum Gasteiger partial charge on any atom is 0.241 e. The number of carbonyl (C=O) groups excluding carboxylic acids is 1. The lowest BCUT2D eigenvalue weighted by atomic mass is 10.1. The summed E-state index contributed by atoms with van der Waals surface area (Å²) in [5.74, 6) is 0.963. The zero-order valence-corrected chi connectivity index (χ0v) is 10.3. The third-order valence-electron chi connectivity index (χ3n) is 3.31. The zero-order valence-electron chi connectivity index (χ0n) is 10.3. The highest BCUT2D eigenvalue weighted by molar-refractivity contribution is 5.82. The molecule has 17 heavy (non-hydrogen) atoms. The molecule has 0 bridgehead atoms. The molecule has 2 rings (SSSR count). The third kappa shape index (κ3) is 2.35. The summed E-state index contributed by atoms with van der Waals surface area (Å²) in [6.07, 6.45) is 1.65. The molecule has 0 saturated carbocycles. The molecule has 5 heteroatoms. The van der Waals surface area contributed by atoms with Gasteiger partial charge < -0.3 is 15.1 Å².